The zero-order valence-corrected chi connectivity index (χ0v) is 10.2. The molecule has 0 bridgehead atoms. The quantitative estimate of drug-likeness (QED) is 0.683. The Hall–Kier alpha value is -1.55. The highest BCUT2D eigenvalue weighted by Gasteiger charge is 2.31. The summed E-state index contributed by atoms with van der Waals surface area (Å²) in [6, 6.07) is 8.87. The van der Waals surface area contributed by atoms with Crippen LogP contribution in [0.1, 0.15) is 11.1 Å². The molecule has 1 aromatic carbocycles. The largest absolute Gasteiger partial charge is 0.416 e. The first kappa shape index (κ1) is 12.9. The smallest absolute Gasteiger partial charge is 0.236 e. The summed E-state index contributed by atoms with van der Waals surface area (Å²) in [5.41, 5.74) is 1.05. The first-order valence-corrected chi connectivity index (χ1v) is 5.56. The van der Waals surface area contributed by atoms with Crippen LogP contribution >= 0.6 is 11.6 Å². The number of hydrogen-bond acceptors (Lipinski definition) is 1. The van der Waals surface area contributed by atoms with Crippen LogP contribution < -0.4 is 0 Å². The summed E-state index contributed by atoms with van der Waals surface area (Å²) in [6.07, 6.45) is -4.42. The number of aromatic nitrogens is 1. The van der Waals surface area contributed by atoms with E-state index in [1.165, 1.54) is 0 Å². The standard InChI is InChI=1S/C13H9ClF3N/c1-8-2-4-9(5-3-8)11-6-10(13(15,16)17)7-12(14)18-11/h2-7H,1H3. The Balaban J connectivity index is 2.52. The number of benzene rings is 1. The molecule has 1 heterocycles. The van der Waals surface area contributed by atoms with Crippen molar-refractivity contribution in [2.45, 2.75) is 13.1 Å². The molecule has 94 valence electrons. The van der Waals surface area contributed by atoms with Crippen molar-refractivity contribution in [3.05, 3.63) is 52.7 Å². The lowest BCUT2D eigenvalue weighted by molar-refractivity contribution is -0.137. The van der Waals surface area contributed by atoms with Gasteiger partial charge in [-0.05, 0) is 19.1 Å². The Morgan fingerprint density at radius 2 is 1.67 bits per heavy atom. The maximum Gasteiger partial charge on any atom is 0.416 e. The second kappa shape index (κ2) is 4.61. The third kappa shape index (κ3) is 2.82. The highest BCUT2D eigenvalue weighted by molar-refractivity contribution is 6.29. The molecule has 0 amide bonds. The van der Waals surface area contributed by atoms with Gasteiger partial charge in [-0.25, -0.2) is 4.98 Å². The molecule has 0 aliphatic rings. The molecule has 0 atom stereocenters. The molecule has 1 nitrogen and oxygen atoms in total. The van der Waals surface area contributed by atoms with Crippen LogP contribution in [0, 0.1) is 6.92 Å². The van der Waals surface area contributed by atoms with E-state index < -0.39 is 11.7 Å². The molecule has 2 aromatic rings. The van der Waals surface area contributed by atoms with Gasteiger partial charge in [-0.2, -0.15) is 13.2 Å². The van der Waals surface area contributed by atoms with Crippen molar-refractivity contribution in [2.75, 3.05) is 0 Å². The van der Waals surface area contributed by atoms with E-state index in [1.54, 1.807) is 12.1 Å². The van der Waals surface area contributed by atoms with Crippen molar-refractivity contribution < 1.29 is 13.2 Å². The molecule has 0 aliphatic carbocycles. The van der Waals surface area contributed by atoms with Crippen LogP contribution in [0.5, 0.6) is 0 Å². The second-order valence-corrected chi connectivity index (χ2v) is 4.31. The molecule has 0 aliphatic heterocycles. The maximum atomic E-state index is 12.6. The summed E-state index contributed by atoms with van der Waals surface area (Å²) in [6.45, 7) is 1.90. The van der Waals surface area contributed by atoms with E-state index in [1.807, 2.05) is 19.1 Å². The maximum absolute atomic E-state index is 12.6. The van der Waals surface area contributed by atoms with Gasteiger partial charge in [0.1, 0.15) is 5.15 Å². The third-order valence-electron chi connectivity index (χ3n) is 2.47. The fourth-order valence-corrected chi connectivity index (χ4v) is 1.74. The number of hydrogen-bond donors (Lipinski definition) is 0. The van der Waals surface area contributed by atoms with E-state index in [0.717, 1.165) is 17.7 Å². The summed E-state index contributed by atoms with van der Waals surface area (Å²) >= 11 is 5.63. The average molecular weight is 272 g/mol. The van der Waals surface area contributed by atoms with Crippen LogP contribution in [0.15, 0.2) is 36.4 Å². The Morgan fingerprint density at radius 1 is 1.06 bits per heavy atom. The first-order chi connectivity index (χ1) is 8.36. The number of rotatable bonds is 1. The van der Waals surface area contributed by atoms with Gasteiger partial charge in [0.2, 0.25) is 0 Å². The van der Waals surface area contributed by atoms with Crippen molar-refractivity contribution in [3.63, 3.8) is 0 Å². The summed E-state index contributed by atoms with van der Waals surface area (Å²) in [5.74, 6) is 0. The van der Waals surface area contributed by atoms with Crippen LogP contribution in [0.3, 0.4) is 0 Å². The minimum absolute atomic E-state index is 0.166. The molecule has 0 saturated heterocycles. The summed E-state index contributed by atoms with van der Waals surface area (Å²) < 4.78 is 37.9. The third-order valence-corrected chi connectivity index (χ3v) is 2.66. The second-order valence-electron chi connectivity index (χ2n) is 3.93. The van der Waals surface area contributed by atoms with Gasteiger partial charge in [-0.1, -0.05) is 41.4 Å². The van der Waals surface area contributed by atoms with Crippen molar-refractivity contribution in [3.8, 4) is 11.3 Å². The molecule has 1 aromatic heterocycles. The molecule has 0 spiro atoms. The topological polar surface area (TPSA) is 12.9 Å². The van der Waals surface area contributed by atoms with Crippen molar-refractivity contribution in [1.29, 1.82) is 0 Å². The molecular weight excluding hydrogens is 263 g/mol. The normalized spacial score (nSPS) is 11.6. The van der Waals surface area contributed by atoms with Gasteiger partial charge < -0.3 is 0 Å². The van der Waals surface area contributed by atoms with Crippen LogP contribution in [-0.2, 0) is 6.18 Å². The molecule has 0 unspecified atom stereocenters. The predicted molar refractivity (Wildman–Crippen MR) is 64.4 cm³/mol. The SMILES string of the molecule is Cc1ccc(-c2cc(C(F)(F)F)cc(Cl)n2)cc1. The van der Waals surface area contributed by atoms with Gasteiger partial charge in [-0.3, -0.25) is 0 Å². The van der Waals surface area contributed by atoms with Crippen LogP contribution in [-0.4, -0.2) is 4.98 Å². The predicted octanol–water partition coefficient (Wildman–Crippen LogP) is 4.73. The number of nitrogens with zero attached hydrogens (tertiary/aromatic N) is 1. The zero-order valence-electron chi connectivity index (χ0n) is 9.42. The molecule has 18 heavy (non-hydrogen) atoms. The number of aryl methyl sites for hydroxylation is 1. The lowest BCUT2D eigenvalue weighted by Gasteiger charge is -2.09. The monoisotopic (exact) mass is 271 g/mol. The zero-order chi connectivity index (χ0) is 13.3. The van der Waals surface area contributed by atoms with Crippen LogP contribution in [0.4, 0.5) is 13.2 Å². The molecule has 0 fully saturated rings. The van der Waals surface area contributed by atoms with Gasteiger partial charge >= 0.3 is 6.18 Å². The molecule has 2 rings (SSSR count). The van der Waals surface area contributed by atoms with Gasteiger partial charge in [0.15, 0.2) is 0 Å². The first-order valence-electron chi connectivity index (χ1n) is 5.18. The fourth-order valence-electron chi connectivity index (χ4n) is 1.53. The van der Waals surface area contributed by atoms with E-state index in [-0.39, 0.29) is 10.8 Å². The average Bonchev–Trinajstić information content (AvgIpc) is 2.28. The van der Waals surface area contributed by atoms with Gasteiger partial charge in [0.25, 0.3) is 0 Å². The van der Waals surface area contributed by atoms with E-state index >= 15 is 0 Å². The fraction of sp³-hybridized carbons (Fsp3) is 0.154. The van der Waals surface area contributed by atoms with E-state index in [0.29, 0.717) is 5.56 Å². The molecular formula is C13H9ClF3N. The van der Waals surface area contributed by atoms with Crippen molar-refractivity contribution in [1.82, 2.24) is 4.98 Å². The summed E-state index contributed by atoms with van der Waals surface area (Å²) in [4.78, 5) is 3.91. The summed E-state index contributed by atoms with van der Waals surface area (Å²) in [5, 5.41) is -0.166. The van der Waals surface area contributed by atoms with E-state index in [4.69, 9.17) is 11.6 Å². The minimum Gasteiger partial charge on any atom is -0.236 e. The Bertz CT molecular complexity index is 561. The van der Waals surface area contributed by atoms with Crippen LogP contribution in [0.2, 0.25) is 5.15 Å². The van der Waals surface area contributed by atoms with E-state index in [9.17, 15) is 13.2 Å². The Morgan fingerprint density at radius 3 is 2.22 bits per heavy atom. The lowest BCUT2D eigenvalue weighted by atomic mass is 10.1. The van der Waals surface area contributed by atoms with Gasteiger partial charge in [-0.15, -0.1) is 0 Å². The minimum atomic E-state index is -4.42. The highest BCUT2D eigenvalue weighted by atomic mass is 35.5. The Labute approximate surface area is 107 Å². The molecule has 5 heteroatoms. The Kier molecular flexibility index (Phi) is 3.30. The number of pyridine rings is 1. The highest BCUT2D eigenvalue weighted by Crippen LogP contribution is 2.33. The van der Waals surface area contributed by atoms with Gasteiger partial charge in [0, 0.05) is 5.56 Å². The van der Waals surface area contributed by atoms with Gasteiger partial charge in [0.05, 0.1) is 11.3 Å². The molecule has 0 radical (unpaired) electrons. The van der Waals surface area contributed by atoms with Crippen molar-refractivity contribution in [2.24, 2.45) is 0 Å². The summed E-state index contributed by atoms with van der Waals surface area (Å²) in [7, 11) is 0. The van der Waals surface area contributed by atoms with Crippen LogP contribution in [0.25, 0.3) is 11.3 Å². The number of alkyl halides is 3. The van der Waals surface area contributed by atoms with Crippen molar-refractivity contribution >= 4 is 11.6 Å². The molecule has 0 N–H and O–H groups in total. The lowest BCUT2D eigenvalue weighted by Crippen LogP contribution is -2.05. The van der Waals surface area contributed by atoms with E-state index in [2.05, 4.69) is 4.98 Å². The number of halogens is 4. The molecule has 0 saturated carbocycles.